The highest BCUT2D eigenvalue weighted by atomic mass is 35.5. The van der Waals surface area contributed by atoms with Gasteiger partial charge in [-0.15, -0.1) is 0 Å². The van der Waals surface area contributed by atoms with Gasteiger partial charge in [-0.05, 0) is 30.7 Å². The van der Waals surface area contributed by atoms with Crippen LogP contribution in [-0.4, -0.2) is 17.3 Å². The molecular weight excluding hydrogens is 290 g/mol. The Bertz CT molecular complexity index is 668. The average Bonchev–Trinajstić information content (AvgIpc) is 2.49. The van der Waals surface area contributed by atoms with Crippen LogP contribution in [0, 0.1) is 0 Å². The van der Waals surface area contributed by atoms with Gasteiger partial charge in [0.05, 0.1) is 11.6 Å². The van der Waals surface area contributed by atoms with Gasteiger partial charge < -0.3 is 10.4 Å². The predicted octanol–water partition coefficient (Wildman–Crippen LogP) is 3.35. The molecule has 2 N–H and O–H groups in total. The Morgan fingerprint density at radius 1 is 1.24 bits per heavy atom. The Labute approximate surface area is 127 Å². The molecule has 4 nitrogen and oxygen atoms in total. The largest absolute Gasteiger partial charge is 0.507 e. The fourth-order valence-corrected chi connectivity index (χ4v) is 2.08. The number of nitrogens with one attached hydrogen (secondary N) is 1. The predicted molar refractivity (Wildman–Crippen MR) is 80.8 cm³/mol. The molecule has 1 amide bonds. The van der Waals surface area contributed by atoms with E-state index in [-0.39, 0.29) is 17.4 Å². The summed E-state index contributed by atoms with van der Waals surface area (Å²) in [6, 6.07) is 10.9. The first-order valence-electron chi connectivity index (χ1n) is 6.36. The van der Waals surface area contributed by atoms with Gasteiger partial charge >= 0.3 is 0 Å². The first kappa shape index (κ1) is 15.1. The van der Waals surface area contributed by atoms with E-state index < -0.39 is 5.91 Å². The molecule has 0 unspecified atom stereocenters. The van der Waals surface area contributed by atoms with Crippen molar-refractivity contribution < 1.29 is 14.7 Å². The second kappa shape index (κ2) is 6.41. The molecule has 0 saturated carbocycles. The maximum Gasteiger partial charge on any atom is 0.255 e. The van der Waals surface area contributed by atoms with Crippen molar-refractivity contribution in [1.82, 2.24) is 5.32 Å². The minimum atomic E-state index is -0.415. The maximum absolute atomic E-state index is 12.1. The number of carbonyl (C=O) groups is 2. The van der Waals surface area contributed by atoms with Crippen molar-refractivity contribution in [2.45, 2.75) is 13.0 Å². The third-order valence-corrected chi connectivity index (χ3v) is 3.36. The summed E-state index contributed by atoms with van der Waals surface area (Å²) in [4.78, 5) is 22.7. The standard InChI is InChI=1S/C16H14ClNO3/c1-10(12-4-2-11(9-19)3-5-12)18-16(21)14-8-13(17)6-7-15(14)20/h2-10,20H,1H3,(H,18,21)/t10-/m0/s1. The van der Waals surface area contributed by atoms with Crippen LogP contribution in [0.2, 0.25) is 5.02 Å². The Morgan fingerprint density at radius 2 is 1.90 bits per heavy atom. The molecule has 2 rings (SSSR count). The summed E-state index contributed by atoms with van der Waals surface area (Å²) in [6.07, 6.45) is 0.761. The molecular formula is C16H14ClNO3. The van der Waals surface area contributed by atoms with Crippen molar-refractivity contribution in [3.8, 4) is 5.75 Å². The van der Waals surface area contributed by atoms with Gasteiger partial charge in [-0.1, -0.05) is 35.9 Å². The van der Waals surface area contributed by atoms with Crippen LogP contribution in [0.3, 0.4) is 0 Å². The van der Waals surface area contributed by atoms with E-state index in [9.17, 15) is 14.7 Å². The van der Waals surface area contributed by atoms with Gasteiger partial charge in [0.2, 0.25) is 0 Å². The Hall–Kier alpha value is -2.33. The van der Waals surface area contributed by atoms with Crippen molar-refractivity contribution in [1.29, 1.82) is 0 Å². The van der Waals surface area contributed by atoms with Crippen LogP contribution in [0.5, 0.6) is 5.75 Å². The molecule has 108 valence electrons. The molecule has 0 bridgehead atoms. The highest BCUT2D eigenvalue weighted by molar-refractivity contribution is 6.31. The number of hydrogen-bond acceptors (Lipinski definition) is 3. The maximum atomic E-state index is 12.1. The second-order valence-corrected chi connectivity index (χ2v) is 5.08. The van der Waals surface area contributed by atoms with Crippen molar-refractivity contribution >= 4 is 23.8 Å². The number of aldehydes is 1. The quantitative estimate of drug-likeness (QED) is 0.851. The minimum Gasteiger partial charge on any atom is -0.507 e. The summed E-state index contributed by atoms with van der Waals surface area (Å²) < 4.78 is 0. The van der Waals surface area contributed by atoms with Gasteiger partial charge in [0, 0.05) is 10.6 Å². The molecule has 21 heavy (non-hydrogen) atoms. The molecule has 2 aromatic rings. The van der Waals surface area contributed by atoms with Crippen LogP contribution in [0.25, 0.3) is 0 Å². The van der Waals surface area contributed by atoms with E-state index in [1.165, 1.54) is 18.2 Å². The lowest BCUT2D eigenvalue weighted by Gasteiger charge is -2.15. The molecule has 0 aliphatic heterocycles. The van der Waals surface area contributed by atoms with E-state index in [0.717, 1.165) is 11.8 Å². The molecule has 0 radical (unpaired) electrons. The number of phenolic OH excluding ortho intramolecular Hbond substituents is 1. The molecule has 0 aliphatic rings. The molecule has 0 fully saturated rings. The van der Waals surface area contributed by atoms with Crippen molar-refractivity contribution in [2.24, 2.45) is 0 Å². The molecule has 0 spiro atoms. The van der Waals surface area contributed by atoms with Gasteiger partial charge in [0.25, 0.3) is 5.91 Å². The monoisotopic (exact) mass is 303 g/mol. The normalized spacial score (nSPS) is 11.7. The molecule has 0 heterocycles. The first-order chi connectivity index (χ1) is 10.0. The highest BCUT2D eigenvalue weighted by Crippen LogP contribution is 2.22. The van der Waals surface area contributed by atoms with E-state index in [1.807, 2.05) is 6.92 Å². The lowest BCUT2D eigenvalue weighted by atomic mass is 10.1. The molecule has 0 aromatic heterocycles. The SMILES string of the molecule is C[C@H](NC(=O)c1cc(Cl)ccc1O)c1ccc(C=O)cc1. The van der Waals surface area contributed by atoms with Crippen LogP contribution in [0.1, 0.15) is 39.2 Å². The van der Waals surface area contributed by atoms with Crippen LogP contribution in [-0.2, 0) is 0 Å². The number of hydrogen-bond donors (Lipinski definition) is 2. The van der Waals surface area contributed by atoms with Crippen LogP contribution in [0.4, 0.5) is 0 Å². The number of carbonyl (C=O) groups excluding carboxylic acids is 2. The van der Waals surface area contributed by atoms with Gasteiger partial charge in [0.15, 0.2) is 0 Å². The van der Waals surface area contributed by atoms with Gasteiger partial charge in [-0.25, -0.2) is 0 Å². The van der Waals surface area contributed by atoms with E-state index in [0.29, 0.717) is 10.6 Å². The fraction of sp³-hybridized carbons (Fsp3) is 0.125. The molecule has 2 aromatic carbocycles. The molecule has 5 heteroatoms. The minimum absolute atomic E-state index is 0.124. The Kier molecular flexibility index (Phi) is 4.60. The Morgan fingerprint density at radius 3 is 2.52 bits per heavy atom. The summed E-state index contributed by atoms with van der Waals surface area (Å²) in [6.45, 7) is 1.81. The summed E-state index contributed by atoms with van der Waals surface area (Å²) in [7, 11) is 0. The van der Waals surface area contributed by atoms with Crippen molar-refractivity contribution in [3.05, 3.63) is 64.2 Å². The second-order valence-electron chi connectivity index (χ2n) is 4.64. The number of rotatable bonds is 4. The van der Waals surface area contributed by atoms with Gasteiger partial charge in [-0.2, -0.15) is 0 Å². The third kappa shape index (κ3) is 3.61. The average molecular weight is 304 g/mol. The Balaban J connectivity index is 2.14. The smallest absolute Gasteiger partial charge is 0.255 e. The third-order valence-electron chi connectivity index (χ3n) is 3.12. The number of phenols is 1. The lowest BCUT2D eigenvalue weighted by Crippen LogP contribution is -2.26. The highest BCUT2D eigenvalue weighted by Gasteiger charge is 2.15. The van der Waals surface area contributed by atoms with Gasteiger partial charge in [-0.3, -0.25) is 9.59 Å². The summed E-state index contributed by atoms with van der Waals surface area (Å²) >= 11 is 5.82. The number of aromatic hydroxyl groups is 1. The van der Waals surface area contributed by atoms with E-state index in [1.54, 1.807) is 24.3 Å². The zero-order valence-corrected chi connectivity index (χ0v) is 12.1. The van der Waals surface area contributed by atoms with Gasteiger partial charge in [0.1, 0.15) is 12.0 Å². The van der Waals surface area contributed by atoms with E-state index in [4.69, 9.17) is 11.6 Å². The topological polar surface area (TPSA) is 66.4 Å². The van der Waals surface area contributed by atoms with Crippen molar-refractivity contribution in [3.63, 3.8) is 0 Å². The number of benzene rings is 2. The van der Waals surface area contributed by atoms with Crippen molar-refractivity contribution in [2.75, 3.05) is 0 Å². The molecule has 1 atom stereocenters. The number of halogens is 1. The zero-order valence-electron chi connectivity index (χ0n) is 11.3. The first-order valence-corrected chi connectivity index (χ1v) is 6.73. The zero-order chi connectivity index (χ0) is 15.4. The van der Waals surface area contributed by atoms with E-state index >= 15 is 0 Å². The van der Waals surface area contributed by atoms with Crippen LogP contribution < -0.4 is 5.32 Å². The molecule has 0 saturated heterocycles. The van der Waals surface area contributed by atoms with Crippen LogP contribution in [0.15, 0.2) is 42.5 Å². The van der Waals surface area contributed by atoms with E-state index in [2.05, 4.69) is 5.32 Å². The fourth-order valence-electron chi connectivity index (χ4n) is 1.91. The summed E-state index contributed by atoms with van der Waals surface area (Å²) in [5.41, 5.74) is 1.55. The van der Waals surface area contributed by atoms with Crippen LogP contribution >= 0.6 is 11.6 Å². The lowest BCUT2D eigenvalue weighted by molar-refractivity contribution is 0.0936. The number of amides is 1. The summed E-state index contributed by atoms with van der Waals surface area (Å²) in [5, 5.41) is 12.8. The summed E-state index contributed by atoms with van der Waals surface area (Å²) in [5.74, 6) is -0.539. The molecule has 0 aliphatic carbocycles.